The van der Waals surface area contributed by atoms with Crippen LogP contribution < -0.4 is 5.32 Å². The van der Waals surface area contributed by atoms with Gasteiger partial charge in [-0.05, 0) is 24.6 Å². The summed E-state index contributed by atoms with van der Waals surface area (Å²) in [5, 5.41) is 6.68. The van der Waals surface area contributed by atoms with Crippen LogP contribution in [0.2, 0.25) is 0 Å². The van der Waals surface area contributed by atoms with Gasteiger partial charge in [0.05, 0.1) is 30.6 Å². The van der Waals surface area contributed by atoms with E-state index in [1.54, 1.807) is 31.0 Å². The molecule has 0 saturated carbocycles. The average molecular weight is 277 g/mol. The Balaban J connectivity index is 2.05. The highest BCUT2D eigenvalue weighted by molar-refractivity contribution is 6.04. The first-order valence-corrected chi connectivity index (χ1v) is 6.19. The van der Waals surface area contributed by atoms with Gasteiger partial charge >= 0.3 is 0 Å². The molecule has 0 saturated heterocycles. The van der Waals surface area contributed by atoms with Gasteiger partial charge in [-0.2, -0.15) is 5.10 Å². The van der Waals surface area contributed by atoms with E-state index in [1.165, 1.54) is 18.3 Å². The zero-order valence-corrected chi connectivity index (χ0v) is 11.4. The van der Waals surface area contributed by atoms with Crippen LogP contribution in [0.5, 0.6) is 0 Å². The molecule has 0 fully saturated rings. The maximum Gasteiger partial charge on any atom is 0.258 e. The van der Waals surface area contributed by atoms with E-state index in [-0.39, 0.29) is 5.56 Å². The fourth-order valence-electron chi connectivity index (χ4n) is 1.74. The van der Waals surface area contributed by atoms with E-state index in [0.29, 0.717) is 18.8 Å². The molecule has 6 heteroatoms. The molecule has 1 amide bonds. The summed E-state index contributed by atoms with van der Waals surface area (Å²) >= 11 is 0. The molecule has 0 unspecified atom stereocenters. The lowest BCUT2D eigenvalue weighted by molar-refractivity contribution is 0.102. The van der Waals surface area contributed by atoms with E-state index in [1.807, 2.05) is 0 Å². The molecule has 0 aliphatic rings. The van der Waals surface area contributed by atoms with Gasteiger partial charge in [0.1, 0.15) is 5.82 Å². The number of hydrogen-bond acceptors (Lipinski definition) is 3. The SMILES string of the molecule is COCCn1cc(NC(=O)c2ccc(C)cc2F)cn1. The van der Waals surface area contributed by atoms with Gasteiger partial charge in [-0.15, -0.1) is 0 Å². The summed E-state index contributed by atoms with van der Waals surface area (Å²) in [6.07, 6.45) is 3.18. The Bertz CT molecular complexity index is 610. The average Bonchev–Trinajstić information content (AvgIpc) is 2.83. The van der Waals surface area contributed by atoms with Crippen molar-refractivity contribution in [3.63, 3.8) is 0 Å². The van der Waals surface area contributed by atoms with Crippen LogP contribution in [0.25, 0.3) is 0 Å². The first kappa shape index (κ1) is 14.2. The monoisotopic (exact) mass is 277 g/mol. The highest BCUT2D eigenvalue weighted by Crippen LogP contribution is 2.13. The van der Waals surface area contributed by atoms with Crippen molar-refractivity contribution in [2.45, 2.75) is 13.5 Å². The topological polar surface area (TPSA) is 56.1 Å². The molecule has 0 aliphatic carbocycles. The molecule has 0 radical (unpaired) electrons. The number of benzene rings is 1. The smallest absolute Gasteiger partial charge is 0.258 e. The molecule has 1 aromatic heterocycles. The van der Waals surface area contributed by atoms with Gasteiger partial charge in [-0.25, -0.2) is 4.39 Å². The summed E-state index contributed by atoms with van der Waals surface area (Å²) in [4.78, 5) is 12.0. The number of hydrogen-bond donors (Lipinski definition) is 1. The molecule has 5 nitrogen and oxygen atoms in total. The summed E-state index contributed by atoms with van der Waals surface area (Å²) < 4.78 is 20.3. The van der Waals surface area contributed by atoms with E-state index in [9.17, 15) is 9.18 Å². The van der Waals surface area contributed by atoms with Gasteiger partial charge in [-0.1, -0.05) is 6.07 Å². The number of aryl methyl sites for hydroxylation is 1. The predicted molar refractivity (Wildman–Crippen MR) is 73.2 cm³/mol. The molecular weight excluding hydrogens is 261 g/mol. The first-order chi connectivity index (χ1) is 9.60. The van der Waals surface area contributed by atoms with Crippen LogP contribution in [-0.2, 0) is 11.3 Å². The van der Waals surface area contributed by atoms with Crippen molar-refractivity contribution < 1.29 is 13.9 Å². The number of methoxy groups -OCH3 is 1. The van der Waals surface area contributed by atoms with E-state index < -0.39 is 11.7 Å². The fourth-order valence-corrected chi connectivity index (χ4v) is 1.74. The summed E-state index contributed by atoms with van der Waals surface area (Å²) in [5.74, 6) is -1.02. The number of nitrogens with zero attached hydrogens (tertiary/aromatic N) is 2. The van der Waals surface area contributed by atoms with Crippen molar-refractivity contribution in [1.29, 1.82) is 0 Å². The van der Waals surface area contributed by atoms with Crippen molar-refractivity contribution in [3.8, 4) is 0 Å². The number of anilines is 1. The largest absolute Gasteiger partial charge is 0.383 e. The van der Waals surface area contributed by atoms with E-state index in [0.717, 1.165) is 5.56 Å². The third-order valence-electron chi connectivity index (χ3n) is 2.78. The zero-order chi connectivity index (χ0) is 14.5. The standard InChI is InChI=1S/C14H16FN3O2/c1-10-3-4-12(13(15)7-10)14(19)17-11-8-16-18(9-11)5-6-20-2/h3-4,7-9H,5-6H2,1-2H3,(H,17,19). The lowest BCUT2D eigenvalue weighted by Gasteiger charge is -2.04. The number of amides is 1. The van der Waals surface area contributed by atoms with E-state index in [2.05, 4.69) is 10.4 Å². The van der Waals surface area contributed by atoms with Crippen LogP contribution >= 0.6 is 0 Å². The Morgan fingerprint density at radius 2 is 2.30 bits per heavy atom. The van der Waals surface area contributed by atoms with Crippen molar-refractivity contribution in [2.24, 2.45) is 0 Å². The summed E-state index contributed by atoms with van der Waals surface area (Å²) in [7, 11) is 1.60. The lowest BCUT2D eigenvalue weighted by atomic mass is 10.1. The van der Waals surface area contributed by atoms with Crippen LogP contribution in [0.3, 0.4) is 0 Å². The number of ether oxygens (including phenoxy) is 1. The highest BCUT2D eigenvalue weighted by atomic mass is 19.1. The zero-order valence-electron chi connectivity index (χ0n) is 11.4. The molecule has 1 N–H and O–H groups in total. The number of carbonyl (C=O) groups excluding carboxylic acids is 1. The second-order valence-electron chi connectivity index (χ2n) is 4.42. The Kier molecular flexibility index (Phi) is 4.47. The number of carbonyl (C=O) groups is 1. The van der Waals surface area contributed by atoms with Crippen LogP contribution in [0.4, 0.5) is 10.1 Å². The molecule has 106 valence electrons. The van der Waals surface area contributed by atoms with Crippen molar-refractivity contribution in [3.05, 3.63) is 47.5 Å². The minimum atomic E-state index is -0.533. The van der Waals surface area contributed by atoms with Crippen molar-refractivity contribution >= 4 is 11.6 Å². The quantitative estimate of drug-likeness (QED) is 0.911. The molecule has 0 aliphatic heterocycles. The molecule has 20 heavy (non-hydrogen) atoms. The maximum atomic E-state index is 13.7. The van der Waals surface area contributed by atoms with Gasteiger partial charge < -0.3 is 10.1 Å². The van der Waals surface area contributed by atoms with Crippen LogP contribution in [0.15, 0.2) is 30.6 Å². The molecule has 0 atom stereocenters. The first-order valence-electron chi connectivity index (χ1n) is 6.19. The van der Waals surface area contributed by atoms with Gasteiger partial charge in [0.2, 0.25) is 0 Å². The minimum Gasteiger partial charge on any atom is -0.383 e. The molecule has 2 rings (SSSR count). The second kappa shape index (κ2) is 6.29. The summed E-state index contributed by atoms with van der Waals surface area (Å²) in [5.41, 5.74) is 1.30. The van der Waals surface area contributed by atoms with Crippen molar-refractivity contribution in [1.82, 2.24) is 9.78 Å². The molecule has 1 heterocycles. The third-order valence-corrected chi connectivity index (χ3v) is 2.78. The molecule has 0 bridgehead atoms. The van der Waals surface area contributed by atoms with Crippen LogP contribution in [0.1, 0.15) is 15.9 Å². The van der Waals surface area contributed by atoms with Gasteiger partial charge in [0, 0.05) is 13.3 Å². The Labute approximate surface area is 116 Å². The Hall–Kier alpha value is -2.21. The van der Waals surface area contributed by atoms with Crippen molar-refractivity contribution in [2.75, 3.05) is 19.0 Å². The lowest BCUT2D eigenvalue weighted by Crippen LogP contribution is -2.13. The molecule has 0 spiro atoms. The van der Waals surface area contributed by atoms with Gasteiger partial charge in [-0.3, -0.25) is 9.48 Å². The Morgan fingerprint density at radius 3 is 3.00 bits per heavy atom. The number of nitrogens with one attached hydrogen (secondary N) is 1. The van der Waals surface area contributed by atoms with Gasteiger partial charge in [0.25, 0.3) is 5.91 Å². The summed E-state index contributed by atoms with van der Waals surface area (Å²) in [6, 6.07) is 4.49. The summed E-state index contributed by atoms with van der Waals surface area (Å²) in [6.45, 7) is 2.89. The Morgan fingerprint density at radius 1 is 1.50 bits per heavy atom. The second-order valence-corrected chi connectivity index (χ2v) is 4.42. The predicted octanol–water partition coefficient (Wildman–Crippen LogP) is 2.23. The fraction of sp³-hybridized carbons (Fsp3) is 0.286. The van der Waals surface area contributed by atoms with Crippen LogP contribution in [-0.4, -0.2) is 29.4 Å². The number of rotatable bonds is 5. The van der Waals surface area contributed by atoms with E-state index in [4.69, 9.17) is 4.74 Å². The third kappa shape index (κ3) is 3.42. The highest BCUT2D eigenvalue weighted by Gasteiger charge is 2.12. The number of halogens is 1. The van der Waals surface area contributed by atoms with Gasteiger partial charge in [0.15, 0.2) is 0 Å². The maximum absolute atomic E-state index is 13.7. The van der Waals surface area contributed by atoms with E-state index >= 15 is 0 Å². The molecule has 2 aromatic rings. The normalized spacial score (nSPS) is 10.6. The number of aromatic nitrogens is 2. The molecule has 1 aromatic carbocycles. The van der Waals surface area contributed by atoms with Crippen LogP contribution in [0, 0.1) is 12.7 Å². The minimum absolute atomic E-state index is 0.0141. The molecular formula is C14H16FN3O2.